The van der Waals surface area contributed by atoms with Crippen molar-refractivity contribution in [3.63, 3.8) is 0 Å². The molecule has 1 amide bonds. The monoisotopic (exact) mass is 605 g/mol. The number of nitrogens with zero attached hydrogens (tertiary/aromatic N) is 1. The van der Waals surface area contributed by atoms with Gasteiger partial charge in [-0.25, -0.2) is 4.79 Å². The van der Waals surface area contributed by atoms with E-state index in [1.165, 1.54) is 13.2 Å². The molecular formula is C29H24F9NO3. The molecule has 4 nitrogen and oxygen atoms in total. The molecule has 0 N–H and O–H groups in total. The number of ether oxygens (including phenoxy) is 2. The van der Waals surface area contributed by atoms with E-state index >= 15 is 0 Å². The molecule has 1 aliphatic rings. The van der Waals surface area contributed by atoms with Gasteiger partial charge < -0.3 is 9.47 Å². The highest BCUT2D eigenvalue weighted by molar-refractivity contribution is 5.76. The third kappa shape index (κ3) is 6.44. The highest BCUT2D eigenvalue weighted by atomic mass is 19.4. The van der Waals surface area contributed by atoms with E-state index in [0.717, 1.165) is 22.6 Å². The van der Waals surface area contributed by atoms with Crippen molar-refractivity contribution >= 4 is 6.09 Å². The molecule has 42 heavy (non-hydrogen) atoms. The number of benzene rings is 3. The second-order valence-corrected chi connectivity index (χ2v) is 10.0. The normalized spacial score (nSPS) is 16.3. The molecule has 0 radical (unpaired) electrons. The van der Waals surface area contributed by atoms with E-state index in [1.54, 1.807) is 18.2 Å². The summed E-state index contributed by atoms with van der Waals surface area (Å²) in [6.07, 6.45) is -16.2. The summed E-state index contributed by atoms with van der Waals surface area (Å²) in [5.74, 6) is 0.322. The minimum atomic E-state index is -5.14. The third-order valence-electron chi connectivity index (χ3n) is 6.92. The number of cyclic esters (lactones) is 1. The quantitative estimate of drug-likeness (QED) is 0.263. The van der Waals surface area contributed by atoms with Crippen molar-refractivity contribution in [2.45, 2.75) is 50.9 Å². The average Bonchev–Trinajstić information content (AvgIpc) is 3.26. The first-order chi connectivity index (χ1) is 19.4. The summed E-state index contributed by atoms with van der Waals surface area (Å²) in [6.45, 7) is 2.57. The molecule has 1 saturated heterocycles. The van der Waals surface area contributed by atoms with E-state index in [4.69, 9.17) is 9.47 Å². The van der Waals surface area contributed by atoms with E-state index in [1.807, 2.05) is 13.8 Å². The molecule has 4 rings (SSSR count). The highest BCUT2D eigenvalue weighted by Crippen LogP contribution is 2.42. The van der Waals surface area contributed by atoms with Crippen LogP contribution in [0.25, 0.3) is 11.1 Å². The summed E-state index contributed by atoms with van der Waals surface area (Å²) < 4.78 is 133. The predicted octanol–water partition coefficient (Wildman–Crippen LogP) is 9.24. The Kier molecular flexibility index (Phi) is 8.18. The maximum atomic E-state index is 13.7. The number of carbonyl (C=O) groups excluding carboxylic acids is 1. The van der Waals surface area contributed by atoms with Crippen LogP contribution >= 0.6 is 0 Å². The maximum Gasteiger partial charge on any atom is 0.416 e. The summed E-state index contributed by atoms with van der Waals surface area (Å²) in [5, 5.41) is 0. The fourth-order valence-corrected chi connectivity index (χ4v) is 4.71. The number of hydrogen-bond donors (Lipinski definition) is 0. The van der Waals surface area contributed by atoms with Gasteiger partial charge in [0.25, 0.3) is 0 Å². The Morgan fingerprint density at radius 2 is 1.40 bits per heavy atom. The van der Waals surface area contributed by atoms with Gasteiger partial charge in [0.05, 0.1) is 36.4 Å². The molecule has 13 heteroatoms. The Balaban J connectivity index is 1.87. The van der Waals surface area contributed by atoms with Gasteiger partial charge in [0, 0.05) is 5.56 Å². The fourth-order valence-electron chi connectivity index (χ4n) is 4.71. The third-order valence-corrected chi connectivity index (χ3v) is 6.92. The van der Waals surface area contributed by atoms with E-state index in [2.05, 4.69) is 0 Å². The second kappa shape index (κ2) is 11.1. The van der Waals surface area contributed by atoms with Gasteiger partial charge in [-0.05, 0) is 70.6 Å². The number of hydrogen-bond acceptors (Lipinski definition) is 3. The van der Waals surface area contributed by atoms with Crippen molar-refractivity contribution in [2.24, 2.45) is 0 Å². The van der Waals surface area contributed by atoms with Crippen LogP contribution in [0.15, 0.2) is 54.6 Å². The van der Waals surface area contributed by atoms with Crippen molar-refractivity contribution in [1.29, 1.82) is 0 Å². The molecule has 0 spiro atoms. The van der Waals surface area contributed by atoms with E-state index in [-0.39, 0.29) is 23.1 Å². The summed E-state index contributed by atoms with van der Waals surface area (Å²) in [4.78, 5) is 13.5. The van der Waals surface area contributed by atoms with Crippen molar-refractivity contribution < 1.29 is 53.8 Å². The number of alkyl halides is 9. The fraction of sp³-hybridized carbons (Fsp3) is 0.345. The molecule has 0 unspecified atom stereocenters. The number of rotatable bonds is 6. The van der Waals surface area contributed by atoms with Gasteiger partial charge in [0.2, 0.25) is 0 Å². The van der Waals surface area contributed by atoms with Crippen molar-refractivity contribution in [3.8, 4) is 16.9 Å². The van der Waals surface area contributed by atoms with Gasteiger partial charge in [-0.1, -0.05) is 26.0 Å². The first-order valence-electron chi connectivity index (χ1n) is 12.5. The van der Waals surface area contributed by atoms with Gasteiger partial charge in [0.15, 0.2) is 0 Å². The summed E-state index contributed by atoms with van der Waals surface area (Å²) >= 11 is 0. The van der Waals surface area contributed by atoms with Crippen LogP contribution in [0.1, 0.15) is 59.2 Å². The van der Waals surface area contributed by atoms with Crippen LogP contribution in [0.3, 0.4) is 0 Å². The molecule has 226 valence electrons. The molecule has 0 aliphatic carbocycles. The van der Waals surface area contributed by atoms with Gasteiger partial charge in [0.1, 0.15) is 12.4 Å². The van der Waals surface area contributed by atoms with Gasteiger partial charge in [-0.2, -0.15) is 39.5 Å². The lowest BCUT2D eigenvalue weighted by molar-refractivity contribution is -0.143. The van der Waals surface area contributed by atoms with Crippen molar-refractivity contribution in [2.75, 3.05) is 13.7 Å². The Morgan fingerprint density at radius 1 is 0.810 bits per heavy atom. The molecular weight excluding hydrogens is 581 g/mol. The average molecular weight is 605 g/mol. The topological polar surface area (TPSA) is 38.8 Å². The lowest BCUT2D eigenvalue weighted by Gasteiger charge is -2.25. The maximum absolute atomic E-state index is 13.7. The number of methoxy groups -OCH3 is 1. The molecule has 3 aromatic rings. The van der Waals surface area contributed by atoms with E-state index in [0.29, 0.717) is 23.4 Å². The zero-order chi connectivity index (χ0) is 31.2. The molecule has 1 aliphatic heterocycles. The Hall–Kier alpha value is -3.90. The molecule has 0 aromatic heterocycles. The second-order valence-electron chi connectivity index (χ2n) is 10.0. The van der Waals surface area contributed by atoms with Crippen molar-refractivity contribution in [3.05, 3.63) is 88.0 Å². The highest BCUT2D eigenvalue weighted by Gasteiger charge is 2.41. The Morgan fingerprint density at radius 3 is 1.93 bits per heavy atom. The van der Waals surface area contributed by atoms with Crippen LogP contribution in [0.5, 0.6) is 5.75 Å². The minimum absolute atomic E-state index is 0.0224. The van der Waals surface area contributed by atoms with Crippen LogP contribution in [0.4, 0.5) is 44.3 Å². The largest absolute Gasteiger partial charge is 0.496 e. The standard InChI is InChI=1S/C29H24F9NO3/c1-15(2)16-4-7-25(41-3)23(11-16)22-6-5-19(27(30,31)32)10-18(22)13-39-24(14-42-26(39)40)17-8-20(28(33,34)35)12-21(9-17)29(36,37)38/h4-12,15,24H,13-14H2,1-3H3/t24-/m1/s1. The molecule has 1 atom stereocenters. The lowest BCUT2D eigenvalue weighted by Crippen LogP contribution is -2.28. The first-order valence-corrected chi connectivity index (χ1v) is 12.5. The van der Waals surface area contributed by atoms with Crippen LogP contribution in [0, 0.1) is 0 Å². The summed E-state index contributed by atoms with van der Waals surface area (Å²) in [5.41, 5.74) is -3.44. The zero-order valence-electron chi connectivity index (χ0n) is 22.3. The molecule has 0 bridgehead atoms. The number of halogens is 9. The van der Waals surface area contributed by atoms with E-state index < -0.39 is 66.1 Å². The Bertz CT molecular complexity index is 1440. The molecule has 1 heterocycles. The van der Waals surface area contributed by atoms with Crippen LogP contribution in [0.2, 0.25) is 0 Å². The first kappa shape index (κ1) is 31.0. The summed E-state index contributed by atoms with van der Waals surface area (Å²) in [6, 6.07) is 7.34. The van der Waals surface area contributed by atoms with Gasteiger partial charge >= 0.3 is 24.6 Å². The van der Waals surface area contributed by atoms with Gasteiger partial charge in [-0.3, -0.25) is 4.90 Å². The van der Waals surface area contributed by atoms with Crippen LogP contribution in [-0.4, -0.2) is 24.7 Å². The SMILES string of the molecule is COc1ccc(C(C)C)cc1-c1ccc(C(F)(F)F)cc1CN1C(=O)OC[C@@H]1c1cc(C(F)(F)F)cc(C(F)(F)F)c1. The summed E-state index contributed by atoms with van der Waals surface area (Å²) in [7, 11) is 1.36. The molecule has 3 aromatic carbocycles. The number of amides is 1. The van der Waals surface area contributed by atoms with Gasteiger partial charge in [-0.15, -0.1) is 0 Å². The predicted molar refractivity (Wildman–Crippen MR) is 134 cm³/mol. The zero-order valence-corrected chi connectivity index (χ0v) is 22.3. The smallest absolute Gasteiger partial charge is 0.416 e. The molecule has 0 saturated carbocycles. The Labute approximate surface area is 234 Å². The number of carbonyl (C=O) groups is 1. The minimum Gasteiger partial charge on any atom is -0.496 e. The lowest BCUT2D eigenvalue weighted by atomic mass is 9.92. The van der Waals surface area contributed by atoms with Crippen molar-refractivity contribution in [1.82, 2.24) is 4.90 Å². The van der Waals surface area contributed by atoms with E-state index in [9.17, 15) is 44.3 Å². The van der Waals surface area contributed by atoms with Crippen LogP contribution < -0.4 is 4.74 Å². The molecule has 1 fully saturated rings. The van der Waals surface area contributed by atoms with Crippen LogP contribution in [-0.2, 0) is 29.8 Å².